The van der Waals surface area contributed by atoms with Gasteiger partial charge in [0.15, 0.2) is 0 Å². The van der Waals surface area contributed by atoms with Gasteiger partial charge in [0.05, 0.1) is 0 Å². The van der Waals surface area contributed by atoms with Crippen molar-refractivity contribution in [2.24, 2.45) is 0 Å². The zero-order chi connectivity index (χ0) is 23.6. The van der Waals surface area contributed by atoms with E-state index in [2.05, 4.69) is 37.5 Å². The molecule has 0 atom stereocenters. The van der Waals surface area contributed by atoms with Gasteiger partial charge in [-0.3, -0.25) is 0 Å². The van der Waals surface area contributed by atoms with Gasteiger partial charge in [0.1, 0.15) is 0 Å². The Kier molecular flexibility index (Phi) is 18.7. The van der Waals surface area contributed by atoms with E-state index in [0.29, 0.717) is 26.4 Å². The van der Waals surface area contributed by atoms with E-state index in [1.807, 2.05) is 27.7 Å². The van der Waals surface area contributed by atoms with Crippen molar-refractivity contribution >= 4 is 17.6 Å². The van der Waals surface area contributed by atoms with Crippen molar-refractivity contribution in [1.29, 1.82) is 0 Å². The van der Waals surface area contributed by atoms with E-state index in [1.165, 1.54) is 0 Å². The second-order valence-electron chi connectivity index (χ2n) is 7.46. The first-order valence-corrected chi connectivity index (χ1v) is 16.5. The smallest absolute Gasteiger partial charge is 0.374 e. The third-order valence-corrected chi connectivity index (χ3v) is 12.8. The summed E-state index contributed by atoms with van der Waals surface area (Å²) in [6.07, 6.45) is 1.96. The summed E-state index contributed by atoms with van der Waals surface area (Å²) in [6.45, 7) is 25.4. The molecule has 0 aliphatic carbocycles. The van der Waals surface area contributed by atoms with Crippen LogP contribution in [-0.4, -0.2) is 93.1 Å². The molecule has 0 amide bonds. The molecule has 9 heteroatoms. The molecule has 0 aromatic carbocycles. The van der Waals surface area contributed by atoms with Crippen molar-refractivity contribution in [3.05, 3.63) is 0 Å². The molecule has 31 heavy (non-hydrogen) atoms. The summed E-state index contributed by atoms with van der Waals surface area (Å²) in [6, 6.07) is 1.58. The molecule has 0 saturated carbocycles. The molecular formula is C22H52N2O5Si2. The first-order chi connectivity index (χ1) is 14.9. The van der Waals surface area contributed by atoms with E-state index < -0.39 is 17.6 Å². The van der Waals surface area contributed by atoms with E-state index in [4.69, 9.17) is 21.8 Å². The maximum atomic E-state index is 6.84. The second-order valence-corrected chi connectivity index (χ2v) is 13.2. The second kappa shape index (κ2) is 18.6. The van der Waals surface area contributed by atoms with E-state index in [9.17, 15) is 0 Å². The summed E-state index contributed by atoms with van der Waals surface area (Å²) in [5.74, 6) is 0. The molecule has 0 bridgehead atoms. The Morgan fingerprint density at radius 2 is 0.774 bits per heavy atom. The Bertz CT molecular complexity index is 365. The van der Waals surface area contributed by atoms with Crippen LogP contribution in [0.4, 0.5) is 0 Å². The molecular weight excluding hydrogens is 428 g/mol. The molecule has 0 aliphatic heterocycles. The molecule has 0 N–H and O–H groups in total. The van der Waals surface area contributed by atoms with Crippen LogP contribution >= 0.6 is 0 Å². The molecule has 0 saturated heterocycles. The molecule has 0 heterocycles. The minimum Gasteiger partial charge on any atom is -0.374 e. The fourth-order valence-electron chi connectivity index (χ4n) is 3.83. The van der Waals surface area contributed by atoms with E-state index >= 15 is 0 Å². The zero-order valence-electron chi connectivity index (χ0n) is 21.8. The standard InChI is InChI=1S/C22H52N2O5Si2/c1-9-23(10-2)19-17-21-30(25-13-5,26-14-6)29-31(27-15-7,28-16-8)22-18-20-24(11-3)12-4/h9-22H2,1-8H3. The van der Waals surface area contributed by atoms with Gasteiger partial charge >= 0.3 is 17.6 Å². The van der Waals surface area contributed by atoms with Gasteiger partial charge in [-0.2, -0.15) is 0 Å². The van der Waals surface area contributed by atoms with E-state index in [1.54, 1.807) is 0 Å². The molecule has 0 unspecified atom stereocenters. The number of rotatable bonds is 22. The Morgan fingerprint density at radius 1 is 0.484 bits per heavy atom. The van der Waals surface area contributed by atoms with Crippen LogP contribution in [0.25, 0.3) is 0 Å². The van der Waals surface area contributed by atoms with Gasteiger partial charge in [-0.1, -0.05) is 27.7 Å². The summed E-state index contributed by atoms with van der Waals surface area (Å²) in [5.41, 5.74) is 0. The average Bonchev–Trinajstić information content (AvgIpc) is 2.75. The highest BCUT2D eigenvalue weighted by Crippen LogP contribution is 2.28. The highest BCUT2D eigenvalue weighted by molar-refractivity contribution is 6.75. The van der Waals surface area contributed by atoms with Crippen LogP contribution in [0.15, 0.2) is 0 Å². The molecule has 0 spiro atoms. The largest absolute Gasteiger partial charge is 0.493 e. The maximum Gasteiger partial charge on any atom is 0.493 e. The summed E-state index contributed by atoms with van der Waals surface area (Å²) < 4.78 is 31.9. The van der Waals surface area contributed by atoms with Gasteiger partial charge in [-0.05, 0) is 79.8 Å². The van der Waals surface area contributed by atoms with Crippen LogP contribution in [0, 0.1) is 0 Å². The van der Waals surface area contributed by atoms with Gasteiger partial charge in [-0.25, -0.2) is 0 Å². The molecule has 0 aromatic heterocycles. The summed E-state index contributed by atoms with van der Waals surface area (Å²) in [4.78, 5) is 4.85. The van der Waals surface area contributed by atoms with Crippen molar-refractivity contribution in [3.63, 3.8) is 0 Å². The Balaban J connectivity index is 5.55. The van der Waals surface area contributed by atoms with Gasteiger partial charge < -0.3 is 31.6 Å². The van der Waals surface area contributed by atoms with E-state index in [-0.39, 0.29) is 0 Å². The fraction of sp³-hybridized carbons (Fsp3) is 1.00. The molecule has 0 aliphatic rings. The zero-order valence-corrected chi connectivity index (χ0v) is 23.8. The predicted molar refractivity (Wildman–Crippen MR) is 134 cm³/mol. The SMILES string of the molecule is CCO[Si](CCCN(CC)CC)(OCC)O[Si](CCCN(CC)CC)(OCC)OCC. The molecule has 0 radical (unpaired) electrons. The quantitative estimate of drug-likeness (QED) is 0.212. The Morgan fingerprint density at radius 3 is 1.00 bits per heavy atom. The molecule has 0 fully saturated rings. The lowest BCUT2D eigenvalue weighted by molar-refractivity contribution is 0.0480. The van der Waals surface area contributed by atoms with Crippen molar-refractivity contribution in [1.82, 2.24) is 9.80 Å². The Hall–Kier alpha value is 0.154. The van der Waals surface area contributed by atoms with Crippen molar-refractivity contribution in [3.8, 4) is 0 Å². The van der Waals surface area contributed by atoms with Crippen molar-refractivity contribution in [2.45, 2.75) is 80.3 Å². The lowest BCUT2D eigenvalue weighted by Crippen LogP contribution is -2.59. The molecule has 0 aromatic rings. The first-order valence-electron chi connectivity index (χ1n) is 12.6. The van der Waals surface area contributed by atoms with Gasteiger partial charge in [0, 0.05) is 38.5 Å². The van der Waals surface area contributed by atoms with Crippen LogP contribution in [0.1, 0.15) is 68.2 Å². The highest BCUT2D eigenvalue weighted by atomic mass is 28.5. The van der Waals surface area contributed by atoms with Crippen LogP contribution in [0.3, 0.4) is 0 Å². The predicted octanol–water partition coefficient (Wildman–Crippen LogP) is 4.49. The van der Waals surface area contributed by atoms with Gasteiger partial charge in [0.25, 0.3) is 0 Å². The maximum absolute atomic E-state index is 6.84. The lowest BCUT2D eigenvalue weighted by Gasteiger charge is -2.38. The summed E-state index contributed by atoms with van der Waals surface area (Å²) in [5, 5.41) is 0. The minimum atomic E-state index is -2.92. The van der Waals surface area contributed by atoms with Crippen molar-refractivity contribution < 1.29 is 21.8 Å². The topological polar surface area (TPSA) is 52.6 Å². The number of nitrogens with zero attached hydrogens (tertiary/aromatic N) is 2. The van der Waals surface area contributed by atoms with Gasteiger partial charge in [-0.15, -0.1) is 0 Å². The van der Waals surface area contributed by atoms with E-state index in [0.717, 1.165) is 64.2 Å². The van der Waals surface area contributed by atoms with Gasteiger partial charge in [0.2, 0.25) is 0 Å². The minimum absolute atomic E-state index is 0.569. The van der Waals surface area contributed by atoms with Crippen LogP contribution < -0.4 is 0 Å². The summed E-state index contributed by atoms with van der Waals surface area (Å²) >= 11 is 0. The van der Waals surface area contributed by atoms with Crippen LogP contribution in [0.5, 0.6) is 0 Å². The molecule has 188 valence electrons. The first kappa shape index (κ1) is 31.2. The number of hydrogen-bond donors (Lipinski definition) is 0. The third kappa shape index (κ3) is 12.3. The summed E-state index contributed by atoms with van der Waals surface area (Å²) in [7, 11) is -5.84. The lowest BCUT2D eigenvalue weighted by atomic mass is 10.4. The van der Waals surface area contributed by atoms with Crippen LogP contribution in [0.2, 0.25) is 12.1 Å². The molecule has 0 rings (SSSR count). The van der Waals surface area contributed by atoms with Crippen molar-refractivity contribution in [2.75, 3.05) is 65.7 Å². The number of hydrogen-bond acceptors (Lipinski definition) is 7. The average molecular weight is 481 g/mol. The molecule has 7 nitrogen and oxygen atoms in total. The Labute approximate surface area is 195 Å². The fourth-order valence-corrected chi connectivity index (χ4v) is 11.2. The third-order valence-electron chi connectivity index (χ3n) is 5.47. The normalized spacial score (nSPS) is 13.0. The monoisotopic (exact) mass is 480 g/mol. The van der Waals surface area contributed by atoms with Crippen LogP contribution in [-0.2, 0) is 21.8 Å². The highest BCUT2D eigenvalue weighted by Gasteiger charge is 2.53.